The third-order valence-corrected chi connectivity index (χ3v) is 2.43. The van der Waals surface area contributed by atoms with Crippen molar-refractivity contribution in [3.8, 4) is 11.8 Å². The number of carbonyl (C=O) groups is 1. The Morgan fingerprint density at radius 1 is 1.55 bits per heavy atom. The van der Waals surface area contributed by atoms with Crippen LogP contribution in [0.25, 0.3) is 0 Å². The van der Waals surface area contributed by atoms with Crippen LogP contribution in [0.4, 0.5) is 0 Å². The topological polar surface area (TPSA) is 88.2 Å². The number of rotatable bonds is 3. The molecule has 0 radical (unpaired) electrons. The number of aliphatic hydroxyl groups is 1. The summed E-state index contributed by atoms with van der Waals surface area (Å²) in [4.78, 5) is 16.1. The van der Waals surface area contributed by atoms with E-state index < -0.39 is 0 Å². The standard InChI is InChI=1S/C14H13N3O3/c1-10-8-12(17-20-10)9-16-14(19)13-11(5-3-7-18)4-2-6-15-13/h2,4,6,8,18H,7,9H2,1H3,(H,16,19). The van der Waals surface area contributed by atoms with Crippen molar-refractivity contribution < 1.29 is 14.4 Å². The van der Waals surface area contributed by atoms with Gasteiger partial charge in [-0.2, -0.15) is 0 Å². The molecule has 6 nitrogen and oxygen atoms in total. The van der Waals surface area contributed by atoms with Crippen LogP contribution in [-0.2, 0) is 6.54 Å². The van der Waals surface area contributed by atoms with Crippen molar-refractivity contribution in [3.63, 3.8) is 0 Å². The lowest BCUT2D eigenvalue weighted by Gasteiger charge is -2.04. The SMILES string of the molecule is Cc1cc(CNC(=O)c2ncccc2C#CCO)no1. The summed E-state index contributed by atoms with van der Waals surface area (Å²) >= 11 is 0. The van der Waals surface area contributed by atoms with Gasteiger partial charge in [-0.25, -0.2) is 4.98 Å². The Bertz CT molecular complexity index is 668. The number of hydrogen-bond acceptors (Lipinski definition) is 5. The van der Waals surface area contributed by atoms with Crippen molar-refractivity contribution in [2.45, 2.75) is 13.5 Å². The van der Waals surface area contributed by atoms with Crippen LogP contribution in [0.5, 0.6) is 0 Å². The highest BCUT2D eigenvalue weighted by Gasteiger charge is 2.12. The van der Waals surface area contributed by atoms with Gasteiger partial charge in [-0.15, -0.1) is 0 Å². The van der Waals surface area contributed by atoms with Crippen LogP contribution >= 0.6 is 0 Å². The highest BCUT2D eigenvalue weighted by molar-refractivity contribution is 5.94. The number of aliphatic hydroxyl groups excluding tert-OH is 1. The molecular formula is C14H13N3O3. The molecule has 20 heavy (non-hydrogen) atoms. The Balaban J connectivity index is 2.09. The zero-order valence-corrected chi connectivity index (χ0v) is 10.9. The first-order chi connectivity index (χ1) is 9.70. The highest BCUT2D eigenvalue weighted by atomic mass is 16.5. The summed E-state index contributed by atoms with van der Waals surface area (Å²) in [7, 11) is 0. The Kier molecular flexibility index (Phi) is 4.47. The first-order valence-electron chi connectivity index (χ1n) is 5.96. The average molecular weight is 271 g/mol. The van der Waals surface area contributed by atoms with E-state index in [1.165, 1.54) is 6.20 Å². The van der Waals surface area contributed by atoms with Gasteiger partial charge in [0, 0.05) is 12.3 Å². The van der Waals surface area contributed by atoms with Gasteiger partial charge in [0.25, 0.3) is 5.91 Å². The summed E-state index contributed by atoms with van der Waals surface area (Å²) < 4.78 is 4.91. The second-order valence-electron chi connectivity index (χ2n) is 3.97. The van der Waals surface area contributed by atoms with Crippen LogP contribution < -0.4 is 5.32 Å². The smallest absolute Gasteiger partial charge is 0.271 e. The highest BCUT2D eigenvalue weighted by Crippen LogP contribution is 2.05. The maximum Gasteiger partial charge on any atom is 0.271 e. The maximum atomic E-state index is 12.0. The quantitative estimate of drug-likeness (QED) is 0.800. The lowest BCUT2D eigenvalue weighted by molar-refractivity contribution is 0.0945. The van der Waals surface area contributed by atoms with Gasteiger partial charge in [-0.1, -0.05) is 17.0 Å². The van der Waals surface area contributed by atoms with Gasteiger partial charge in [0.1, 0.15) is 23.8 Å². The predicted octanol–water partition coefficient (Wildman–Crippen LogP) is 0.652. The fourth-order valence-electron chi connectivity index (χ4n) is 1.58. The van der Waals surface area contributed by atoms with Crippen LogP contribution in [0, 0.1) is 18.8 Å². The van der Waals surface area contributed by atoms with Gasteiger partial charge in [0.15, 0.2) is 0 Å². The number of aromatic nitrogens is 2. The Hall–Kier alpha value is -2.65. The molecule has 1 amide bonds. The van der Waals surface area contributed by atoms with Crippen molar-refractivity contribution in [2.24, 2.45) is 0 Å². The first-order valence-corrected chi connectivity index (χ1v) is 5.96. The largest absolute Gasteiger partial charge is 0.384 e. The van der Waals surface area contributed by atoms with Crippen LogP contribution in [-0.4, -0.2) is 27.8 Å². The minimum absolute atomic E-state index is 0.216. The maximum absolute atomic E-state index is 12.0. The van der Waals surface area contributed by atoms with Crippen LogP contribution in [0.3, 0.4) is 0 Å². The monoisotopic (exact) mass is 271 g/mol. The fourth-order valence-corrected chi connectivity index (χ4v) is 1.58. The summed E-state index contributed by atoms with van der Waals surface area (Å²) in [5.41, 5.74) is 1.32. The summed E-state index contributed by atoms with van der Waals surface area (Å²) in [6.45, 7) is 1.76. The molecule has 2 rings (SSSR count). The Morgan fingerprint density at radius 3 is 3.10 bits per heavy atom. The molecular weight excluding hydrogens is 258 g/mol. The minimum Gasteiger partial charge on any atom is -0.384 e. The van der Waals surface area contributed by atoms with Gasteiger partial charge in [0.2, 0.25) is 0 Å². The molecule has 102 valence electrons. The van der Waals surface area contributed by atoms with Gasteiger partial charge < -0.3 is 14.9 Å². The average Bonchev–Trinajstić information content (AvgIpc) is 2.88. The van der Waals surface area contributed by atoms with Crippen LogP contribution in [0.2, 0.25) is 0 Å². The summed E-state index contributed by atoms with van der Waals surface area (Å²) in [6.07, 6.45) is 1.51. The van der Waals surface area contributed by atoms with Gasteiger partial charge in [0.05, 0.1) is 12.1 Å². The number of aryl methyl sites for hydroxylation is 1. The molecule has 0 saturated carbocycles. The molecule has 6 heteroatoms. The van der Waals surface area contributed by atoms with Crippen LogP contribution in [0.15, 0.2) is 28.9 Å². The zero-order chi connectivity index (χ0) is 14.4. The van der Waals surface area contributed by atoms with Crippen molar-refractivity contribution in [2.75, 3.05) is 6.61 Å². The second-order valence-corrected chi connectivity index (χ2v) is 3.97. The number of carbonyl (C=O) groups excluding carboxylic acids is 1. The van der Waals surface area contributed by atoms with E-state index in [-0.39, 0.29) is 24.8 Å². The number of nitrogens with one attached hydrogen (secondary N) is 1. The number of hydrogen-bond donors (Lipinski definition) is 2. The lowest BCUT2D eigenvalue weighted by Crippen LogP contribution is -2.24. The third kappa shape index (κ3) is 3.43. The molecule has 2 aromatic rings. The molecule has 0 aliphatic heterocycles. The Labute approximate surface area is 115 Å². The lowest BCUT2D eigenvalue weighted by atomic mass is 10.2. The van der Waals surface area contributed by atoms with Gasteiger partial charge in [-0.3, -0.25) is 4.79 Å². The van der Waals surface area contributed by atoms with E-state index in [0.717, 1.165) is 0 Å². The first kappa shape index (κ1) is 13.8. The number of pyridine rings is 1. The van der Waals surface area contributed by atoms with E-state index in [1.54, 1.807) is 25.1 Å². The van der Waals surface area contributed by atoms with E-state index in [2.05, 4.69) is 27.3 Å². The van der Waals surface area contributed by atoms with E-state index in [4.69, 9.17) is 9.63 Å². The van der Waals surface area contributed by atoms with Crippen molar-refractivity contribution in [1.29, 1.82) is 0 Å². The molecule has 0 atom stereocenters. The molecule has 0 bridgehead atoms. The van der Waals surface area contributed by atoms with Crippen LogP contribution in [0.1, 0.15) is 27.5 Å². The summed E-state index contributed by atoms with van der Waals surface area (Å²) in [5, 5.41) is 15.2. The van der Waals surface area contributed by atoms with Gasteiger partial charge >= 0.3 is 0 Å². The fraction of sp³-hybridized carbons (Fsp3) is 0.214. The molecule has 0 aliphatic rings. The second kappa shape index (κ2) is 6.50. The van der Waals surface area contributed by atoms with Gasteiger partial charge in [-0.05, 0) is 19.1 Å². The molecule has 0 unspecified atom stereocenters. The molecule has 2 N–H and O–H groups in total. The van der Waals surface area contributed by atoms with E-state index in [0.29, 0.717) is 17.0 Å². The Morgan fingerprint density at radius 2 is 2.40 bits per heavy atom. The molecule has 0 saturated heterocycles. The van der Waals surface area contributed by atoms with Crippen molar-refractivity contribution in [1.82, 2.24) is 15.5 Å². The summed E-state index contributed by atoms with van der Waals surface area (Å²) in [5.74, 6) is 5.51. The zero-order valence-electron chi connectivity index (χ0n) is 10.9. The number of nitrogens with zero attached hydrogens (tertiary/aromatic N) is 2. The van der Waals surface area contributed by atoms with E-state index in [9.17, 15) is 4.79 Å². The summed E-state index contributed by atoms with van der Waals surface area (Å²) in [6, 6.07) is 5.09. The van der Waals surface area contributed by atoms with Crippen molar-refractivity contribution >= 4 is 5.91 Å². The molecule has 2 heterocycles. The molecule has 0 aromatic carbocycles. The predicted molar refractivity (Wildman–Crippen MR) is 70.6 cm³/mol. The van der Waals surface area contributed by atoms with E-state index >= 15 is 0 Å². The normalized spacial score (nSPS) is 9.70. The molecule has 0 fully saturated rings. The third-order valence-electron chi connectivity index (χ3n) is 2.43. The molecule has 0 aliphatic carbocycles. The van der Waals surface area contributed by atoms with E-state index in [1.807, 2.05) is 0 Å². The number of amides is 1. The molecule has 2 aromatic heterocycles. The van der Waals surface area contributed by atoms with Crippen molar-refractivity contribution in [3.05, 3.63) is 47.1 Å². The minimum atomic E-state index is -0.353. The molecule has 0 spiro atoms.